The average Bonchev–Trinajstić information content (AvgIpc) is 3.13. The van der Waals surface area contributed by atoms with Crippen molar-refractivity contribution in [3.05, 3.63) is 23.3 Å². The van der Waals surface area contributed by atoms with E-state index in [0.717, 1.165) is 38.5 Å². The fourth-order valence-electron chi connectivity index (χ4n) is 7.55. The molecule has 2 bridgehead atoms. The van der Waals surface area contributed by atoms with Gasteiger partial charge in [-0.05, 0) is 58.2 Å². The lowest BCUT2D eigenvalue weighted by Crippen LogP contribution is -2.60. The van der Waals surface area contributed by atoms with Crippen LogP contribution in [0.1, 0.15) is 59.3 Å². The molecular formula is C24H35NO4. The summed E-state index contributed by atoms with van der Waals surface area (Å²) in [5, 5.41) is 10.8. The van der Waals surface area contributed by atoms with Gasteiger partial charge < -0.3 is 19.5 Å². The minimum Gasteiger partial charge on any atom is -0.458 e. The van der Waals surface area contributed by atoms with Crippen molar-refractivity contribution in [3.8, 4) is 0 Å². The van der Waals surface area contributed by atoms with Crippen LogP contribution in [0.2, 0.25) is 0 Å². The minimum absolute atomic E-state index is 0.0986. The fourth-order valence-corrected chi connectivity index (χ4v) is 7.55. The van der Waals surface area contributed by atoms with Crippen molar-refractivity contribution in [1.82, 2.24) is 4.90 Å². The number of ether oxygens (including phenoxy) is 2. The van der Waals surface area contributed by atoms with Gasteiger partial charge in [0.15, 0.2) is 0 Å². The Morgan fingerprint density at radius 1 is 1.31 bits per heavy atom. The smallest absolute Gasteiger partial charge is 0.303 e. The Hall–Kier alpha value is -1.17. The first-order chi connectivity index (χ1) is 13.6. The number of hydrogen-bond acceptors (Lipinski definition) is 5. The van der Waals surface area contributed by atoms with Crippen LogP contribution in [0.15, 0.2) is 23.3 Å². The predicted octanol–water partition coefficient (Wildman–Crippen LogP) is 3.22. The molecule has 5 rings (SSSR count). The highest BCUT2D eigenvalue weighted by Gasteiger charge is 2.68. The number of aliphatic hydroxyl groups is 1. The average molecular weight is 402 g/mol. The Balaban J connectivity index is 1.63. The van der Waals surface area contributed by atoms with E-state index in [1.54, 1.807) is 0 Å². The van der Waals surface area contributed by atoms with Crippen LogP contribution in [-0.2, 0) is 14.3 Å². The van der Waals surface area contributed by atoms with E-state index in [1.807, 2.05) is 0 Å². The van der Waals surface area contributed by atoms with E-state index in [9.17, 15) is 9.90 Å². The zero-order valence-electron chi connectivity index (χ0n) is 18.4. The predicted molar refractivity (Wildman–Crippen MR) is 110 cm³/mol. The summed E-state index contributed by atoms with van der Waals surface area (Å²) in [4.78, 5) is 14.2. The van der Waals surface area contributed by atoms with Crippen molar-refractivity contribution in [2.75, 3.05) is 14.1 Å². The molecule has 0 radical (unpaired) electrons. The maximum Gasteiger partial charge on any atom is 0.303 e. The van der Waals surface area contributed by atoms with Crippen LogP contribution in [-0.4, -0.2) is 59.5 Å². The van der Waals surface area contributed by atoms with Crippen molar-refractivity contribution in [2.24, 2.45) is 17.3 Å². The van der Waals surface area contributed by atoms with Gasteiger partial charge in [0.25, 0.3) is 0 Å². The number of allylic oxidation sites excluding steroid dienone is 1. The summed E-state index contributed by atoms with van der Waals surface area (Å²) in [6.45, 7) is 5.95. The number of fused-ring (bicyclic) bond motifs is 1. The van der Waals surface area contributed by atoms with Crippen molar-refractivity contribution in [2.45, 2.75) is 88.7 Å². The van der Waals surface area contributed by atoms with Crippen LogP contribution in [0, 0.1) is 17.3 Å². The van der Waals surface area contributed by atoms with Gasteiger partial charge in [-0.3, -0.25) is 4.79 Å². The molecule has 3 aliphatic carbocycles. The zero-order valence-corrected chi connectivity index (χ0v) is 18.4. The van der Waals surface area contributed by atoms with E-state index < -0.39 is 0 Å². The summed E-state index contributed by atoms with van der Waals surface area (Å²) < 4.78 is 13.1. The molecule has 2 aliphatic heterocycles. The topological polar surface area (TPSA) is 59.0 Å². The maximum absolute atomic E-state index is 12.0. The summed E-state index contributed by atoms with van der Waals surface area (Å²) in [6.07, 6.45) is 9.82. The van der Waals surface area contributed by atoms with Crippen molar-refractivity contribution in [3.63, 3.8) is 0 Å². The fraction of sp³-hybridized carbons (Fsp3) is 0.792. The number of esters is 1. The second kappa shape index (κ2) is 6.18. The first-order valence-electron chi connectivity index (χ1n) is 11.3. The van der Waals surface area contributed by atoms with Gasteiger partial charge in [-0.1, -0.05) is 26.0 Å². The van der Waals surface area contributed by atoms with Gasteiger partial charge in [0.05, 0.1) is 17.3 Å². The molecule has 5 nitrogen and oxygen atoms in total. The monoisotopic (exact) mass is 401 g/mol. The second-order valence-electron chi connectivity index (χ2n) is 10.7. The summed E-state index contributed by atoms with van der Waals surface area (Å²) in [6, 6.07) is 0.293. The highest BCUT2D eigenvalue weighted by atomic mass is 16.6. The van der Waals surface area contributed by atoms with Crippen LogP contribution in [0.3, 0.4) is 0 Å². The highest BCUT2D eigenvalue weighted by molar-refractivity contribution is 5.67. The summed E-state index contributed by atoms with van der Waals surface area (Å²) >= 11 is 0. The Morgan fingerprint density at radius 3 is 2.76 bits per heavy atom. The highest BCUT2D eigenvalue weighted by Crippen LogP contribution is 2.66. The molecule has 160 valence electrons. The third kappa shape index (κ3) is 2.47. The molecule has 1 saturated heterocycles. The summed E-state index contributed by atoms with van der Waals surface area (Å²) in [5.74, 6) is 0.341. The number of carbonyl (C=O) groups excluding carboxylic acids is 1. The molecule has 2 heterocycles. The standard InChI is InChI=1S/C24H35NO4/c1-14-18(25(4)5)13-23-10-11-24(29-23)16(12-17(23)21(14)28-15(2)26)8-9-22(3)19(24)6-7-20(22)27/h8,12,14,18-21,27H,6-7,9-11,13H2,1-5H3/t14-,18+,19-,20+,21+,22+,23-,24-/m1/s1. The van der Waals surface area contributed by atoms with E-state index in [4.69, 9.17) is 9.47 Å². The summed E-state index contributed by atoms with van der Waals surface area (Å²) in [5.41, 5.74) is 1.69. The number of carbonyl (C=O) groups is 1. The van der Waals surface area contributed by atoms with Gasteiger partial charge >= 0.3 is 5.97 Å². The molecule has 0 amide bonds. The summed E-state index contributed by atoms with van der Waals surface area (Å²) in [7, 11) is 4.22. The molecule has 0 aromatic carbocycles. The minimum atomic E-state index is -0.356. The number of hydrogen-bond donors (Lipinski definition) is 1. The Morgan fingerprint density at radius 2 is 2.07 bits per heavy atom. The van der Waals surface area contributed by atoms with Crippen LogP contribution in [0.25, 0.3) is 0 Å². The molecule has 8 atom stereocenters. The lowest BCUT2D eigenvalue weighted by atomic mass is 9.60. The van der Waals surface area contributed by atoms with Gasteiger partial charge in [0.1, 0.15) is 6.10 Å². The molecule has 2 spiro atoms. The van der Waals surface area contributed by atoms with Crippen LogP contribution in [0.4, 0.5) is 0 Å². The lowest BCUT2D eigenvalue weighted by Gasteiger charge is -2.56. The molecule has 5 aliphatic rings. The lowest BCUT2D eigenvalue weighted by molar-refractivity contribution is -0.172. The number of aliphatic hydroxyl groups excluding tert-OH is 1. The molecular weight excluding hydrogens is 366 g/mol. The first-order valence-corrected chi connectivity index (χ1v) is 11.3. The van der Waals surface area contributed by atoms with E-state index >= 15 is 0 Å². The Labute approximate surface area is 174 Å². The largest absolute Gasteiger partial charge is 0.458 e. The number of rotatable bonds is 2. The maximum atomic E-state index is 12.0. The molecule has 0 aromatic rings. The van der Waals surface area contributed by atoms with Crippen molar-refractivity contribution in [1.29, 1.82) is 0 Å². The number of nitrogens with zero attached hydrogens (tertiary/aromatic N) is 1. The van der Waals surface area contributed by atoms with Crippen molar-refractivity contribution < 1.29 is 19.4 Å². The third-order valence-electron chi connectivity index (χ3n) is 9.10. The van der Waals surface area contributed by atoms with Gasteiger partial charge in [0, 0.05) is 35.8 Å². The van der Waals surface area contributed by atoms with Crippen molar-refractivity contribution >= 4 is 5.97 Å². The second-order valence-corrected chi connectivity index (χ2v) is 10.7. The Kier molecular flexibility index (Phi) is 4.21. The SMILES string of the molecule is CC(=O)O[C@@H]1C2=CC3=CC[C@@]4(C)[C@@H](CC[C@@H]4O)[C@@]34CC[C@]2(C[C@H](N(C)C)[C@H]1C)O4. The Bertz CT molecular complexity index is 803. The molecule has 29 heavy (non-hydrogen) atoms. The molecule has 0 aromatic heterocycles. The van der Waals surface area contributed by atoms with Crippen LogP contribution in [0.5, 0.6) is 0 Å². The van der Waals surface area contributed by atoms with Gasteiger partial charge in [-0.15, -0.1) is 0 Å². The van der Waals surface area contributed by atoms with Crippen LogP contribution < -0.4 is 0 Å². The van der Waals surface area contributed by atoms with Gasteiger partial charge in [-0.2, -0.15) is 0 Å². The molecule has 3 fully saturated rings. The zero-order chi connectivity index (χ0) is 20.8. The molecule has 5 heteroatoms. The third-order valence-corrected chi connectivity index (χ3v) is 9.10. The molecule has 1 N–H and O–H groups in total. The van der Waals surface area contributed by atoms with E-state index in [2.05, 4.69) is 45.0 Å². The van der Waals surface area contributed by atoms with Crippen LogP contribution >= 0.6 is 0 Å². The van der Waals surface area contributed by atoms with E-state index in [1.165, 1.54) is 18.1 Å². The molecule has 2 saturated carbocycles. The first kappa shape index (κ1) is 19.8. The van der Waals surface area contributed by atoms with Gasteiger partial charge in [-0.25, -0.2) is 0 Å². The normalized spacial score (nSPS) is 50.4. The van der Waals surface area contributed by atoms with Gasteiger partial charge in [0.2, 0.25) is 0 Å². The quantitative estimate of drug-likeness (QED) is 0.720. The molecule has 0 unspecified atom stereocenters. The van der Waals surface area contributed by atoms with E-state index in [-0.39, 0.29) is 40.7 Å². The van der Waals surface area contributed by atoms with E-state index in [0.29, 0.717) is 12.0 Å².